The first kappa shape index (κ1) is 21.1. The van der Waals surface area contributed by atoms with Crippen molar-refractivity contribution in [1.82, 2.24) is 15.4 Å². The molecule has 5 nitrogen and oxygen atoms in total. The molecule has 1 aromatic heterocycles. The van der Waals surface area contributed by atoms with E-state index in [0.29, 0.717) is 34.1 Å². The quantitative estimate of drug-likeness (QED) is 0.561. The molecule has 0 bridgehead atoms. The lowest BCUT2D eigenvalue weighted by Crippen LogP contribution is -2.24. The van der Waals surface area contributed by atoms with Gasteiger partial charge in [-0.2, -0.15) is 0 Å². The summed E-state index contributed by atoms with van der Waals surface area (Å²) in [6, 6.07) is 15.6. The number of hydrogen-bond donors (Lipinski definition) is 1. The van der Waals surface area contributed by atoms with Gasteiger partial charge in [-0.05, 0) is 37.2 Å². The molecule has 0 aliphatic rings. The second-order valence-corrected chi connectivity index (χ2v) is 7.31. The van der Waals surface area contributed by atoms with Gasteiger partial charge in [-0.25, -0.2) is 0 Å². The summed E-state index contributed by atoms with van der Waals surface area (Å²) in [5.74, 6) is 0.234. The molecule has 0 spiro atoms. The Hall–Kier alpha value is -2.63. The van der Waals surface area contributed by atoms with Crippen LogP contribution in [0.3, 0.4) is 0 Å². The highest BCUT2D eigenvalue weighted by molar-refractivity contribution is 6.33. The molecular weight excluding hydrogens is 386 g/mol. The highest BCUT2D eigenvalue weighted by atomic mass is 35.5. The molecule has 3 rings (SSSR count). The zero-order valence-electron chi connectivity index (χ0n) is 17.0. The number of halogens is 1. The normalized spacial score (nSPS) is 11.1. The Morgan fingerprint density at radius 2 is 1.72 bits per heavy atom. The van der Waals surface area contributed by atoms with Gasteiger partial charge in [0, 0.05) is 18.7 Å². The SMILES string of the molecule is CCN(CC)Cc1ccc(CNC(=O)c2c(-c3ccccc3Cl)noc2C)cc1. The summed E-state index contributed by atoms with van der Waals surface area (Å²) in [4.78, 5) is 15.2. The predicted molar refractivity (Wildman–Crippen MR) is 116 cm³/mol. The maximum Gasteiger partial charge on any atom is 0.257 e. The topological polar surface area (TPSA) is 58.4 Å². The molecule has 152 valence electrons. The summed E-state index contributed by atoms with van der Waals surface area (Å²) in [6.45, 7) is 9.47. The summed E-state index contributed by atoms with van der Waals surface area (Å²) >= 11 is 6.27. The number of rotatable bonds is 8. The van der Waals surface area contributed by atoms with Gasteiger partial charge in [-0.3, -0.25) is 9.69 Å². The maximum absolute atomic E-state index is 12.8. The molecule has 0 fully saturated rings. The summed E-state index contributed by atoms with van der Waals surface area (Å²) < 4.78 is 5.28. The third kappa shape index (κ3) is 5.05. The van der Waals surface area contributed by atoms with Crippen LogP contribution in [0.2, 0.25) is 5.02 Å². The van der Waals surface area contributed by atoms with Crippen LogP contribution in [0.15, 0.2) is 53.1 Å². The molecule has 1 amide bonds. The van der Waals surface area contributed by atoms with Crippen LogP contribution >= 0.6 is 11.6 Å². The van der Waals surface area contributed by atoms with Crippen LogP contribution in [-0.4, -0.2) is 29.1 Å². The van der Waals surface area contributed by atoms with Crippen LogP contribution in [0, 0.1) is 6.92 Å². The van der Waals surface area contributed by atoms with Gasteiger partial charge in [-0.15, -0.1) is 0 Å². The van der Waals surface area contributed by atoms with Crippen molar-refractivity contribution in [1.29, 1.82) is 0 Å². The Bertz CT molecular complexity index is 963. The van der Waals surface area contributed by atoms with Crippen LogP contribution < -0.4 is 5.32 Å². The van der Waals surface area contributed by atoms with Gasteiger partial charge in [-0.1, -0.05) is 73.1 Å². The van der Waals surface area contributed by atoms with Crippen LogP contribution in [-0.2, 0) is 13.1 Å². The maximum atomic E-state index is 12.8. The zero-order valence-corrected chi connectivity index (χ0v) is 17.8. The molecular formula is C23H26ClN3O2. The van der Waals surface area contributed by atoms with E-state index in [4.69, 9.17) is 16.1 Å². The molecule has 3 aromatic rings. The summed E-state index contributed by atoms with van der Waals surface area (Å²) in [7, 11) is 0. The standard InChI is InChI=1S/C23H26ClN3O2/c1-4-27(5-2)15-18-12-10-17(11-13-18)14-25-23(28)21-16(3)29-26-22(21)19-8-6-7-9-20(19)24/h6-13H,4-5,14-15H2,1-3H3,(H,25,28). The van der Waals surface area contributed by atoms with Crippen molar-refractivity contribution in [3.05, 3.63) is 76.0 Å². The number of aryl methyl sites for hydroxylation is 1. The molecule has 6 heteroatoms. The fourth-order valence-electron chi connectivity index (χ4n) is 3.22. The summed E-state index contributed by atoms with van der Waals surface area (Å²) in [5, 5.41) is 7.54. The minimum atomic E-state index is -0.231. The van der Waals surface area contributed by atoms with Gasteiger partial charge in [0.15, 0.2) is 0 Å². The van der Waals surface area contributed by atoms with E-state index in [9.17, 15) is 4.79 Å². The van der Waals surface area contributed by atoms with Gasteiger partial charge in [0.2, 0.25) is 0 Å². The molecule has 0 saturated heterocycles. The number of amides is 1. The Labute approximate surface area is 176 Å². The van der Waals surface area contributed by atoms with Crippen molar-refractivity contribution in [2.45, 2.75) is 33.9 Å². The highest BCUT2D eigenvalue weighted by Crippen LogP contribution is 2.30. The highest BCUT2D eigenvalue weighted by Gasteiger charge is 2.22. The third-order valence-corrected chi connectivity index (χ3v) is 5.33. The molecule has 0 unspecified atom stereocenters. The van der Waals surface area contributed by atoms with Crippen LogP contribution in [0.4, 0.5) is 0 Å². The number of nitrogens with one attached hydrogen (secondary N) is 1. The van der Waals surface area contributed by atoms with Gasteiger partial charge >= 0.3 is 0 Å². The summed E-state index contributed by atoms with van der Waals surface area (Å²) in [6.07, 6.45) is 0. The number of nitrogens with zero attached hydrogens (tertiary/aromatic N) is 2. The first-order chi connectivity index (χ1) is 14.0. The smallest absolute Gasteiger partial charge is 0.257 e. The van der Waals surface area contributed by atoms with E-state index in [1.165, 1.54) is 5.56 Å². The minimum Gasteiger partial charge on any atom is -0.360 e. The lowest BCUT2D eigenvalue weighted by molar-refractivity contribution is 0.0950. The van der Waals surface area contributed by atoms with Crippen molar-refractivity contribution in [3.8, 4) is 11.3 Å². The zero-order chi connectivity index (χ0) is 20.8. The summed E-state index contributed by atoms with van der Waals surface area (Å²) in [5.41, 5.74) is 3.85. The van der Waals surface area contributed by atoms with E-state index in [-0.39, 0.29) is 5.91 Å². The van der Waals surface area contributed by atoms with Gasteiger partial charge in [0.25, 0.3) is 5.91 Å². The van der Waals surface area contributed by atoms with Crippen LogP contribution in [0.1, 0.15) is 41.1 Å². The molecule has 0 aliphatic heterocycles. The van der Waals surface area contributed by atoms with Crippen molar-refractivity contribution in [2.75, 3.05) is 13.1 Å². The third-order valence-electron chi connectivity index (χ3n) is 5.00. The number of carbonyl (C=O) groups excluding carboxylic acids is 1. The van der Waals surface area contributed by atoms with E-state index in [1.807, 2.05) is 18.2 Å². The van der Waals surface area contributed by atoms with Crippen LogP contribution in [0.5, 0.6) is 0 Å². The van der Waals surface area contributed by atoms with E-state index >= 15 is 0 Å². The first-order valence-corrected chi connectivity index (χ1v) is 10.2. The largest absolute Gasteiger partial charge is 0.360 e. The number of hydrogen-bond acceptors (Lipinski definition) is 4. The molecule has 2 aromatic carbocycles. The van der Waals surface area contributed by atoms with Gasteiger partial charge in [0.1, 0.15) is 17.0 Å². The predicted octanol–water partition coefficient (Wildman–Crippen LogP) is 5.08. The fraction of sp³-hybridized carbons (Fsp3) is 0.304. The van der Waals surface area contributed by atoms with Crippen LogP contribution in [0.25, 0.3) is 11.3 Å². The van der Waals surface area contributed by atoms with E-state index < -0.39 is 0 Å². The minimum absolute atomic E-state index is 0.231. The Balaban J connectivity index is 1.69. The van der Waals surface area contributed by atoms with Crippen molar-refractivity contribution < 1.29 is 9.32 Å². The average molecular weight is 412 g/mol. The van der Waals surface area contributed by atoms with E-state index in [0.717, 1.165) is 25.2 Å². The lowest BCUT2D eigenvalue weighted by atomic mass is 10.1. The Kier molecular flexibility index (Phi) is 7.07. The second kappa shape index (κ2) is 9.72. The van der Waals surface area contributed by atoms with Crippen molar-refractivity contribution >= 4 is 17.5 Å². The number of aromatic nitrogens is 1. The van der Waals surface area contributed by atoms with Gasteiger partial charge in [0.05, 0.1) is 5.02 Å². The first-order valence-electron chi connectivity index (χ1n) is 9.83. The molecule has 1 N–H and O–H groups in total. The fourth-order valence-corrected chi connectivity index (χ4v) is 3.44. The van der Waals surface area contributed by atoms with Crippen molar-refractivity contribution in [2.24, 2.45) is 0 Å². The van der Waals surface area contributed by atoms with Crippen molar-refractivity contribution in [3.63, 3.8) is 0 Å². The Morgan fingerprint density at radius 3 is 2.38 bits per heavy atom. The molecule has 0 atom stereocenters. The Morgan fingerprint density at radius 1 is 1.07 bits per heavy atom. The van der Waals surface area contributed by atoms with Gasteiger partial charge < -0.3 is 9.84 Å². The number of carbonyl (C=O) groups is 1. The molecule has 29 heavy (non-hydrogen) atoms. The van der Waals surface area contributed by atoms with E-state index in [1.54, 1.807) is 13.0 Å². The average Bonchev–Trinajstić information content (AvgIpc) is 3.12. The second-order valence-electron chi connectivity index (χ2n) is 6.90. The lowest BCUT2D eigenvalue weighted by Gasteiger charge is -2.18. The molecule has 1 heterocycles. The molecule has 0 aliphatic carbocycles. The molecule has 0 radical (unpaired) electrons. The van der Waals surface area contributed by atoms with E-state index in [2.05, 4.69) is 53.5 Å². The number of benzene rings is 2. The molecule has 0 saturated carbocycles. The monoisotopic (exact) mass is 411 g/mol.